The fourth-order valence-electron chi connectivity index (χ4n) is 2.71. The average Bonchev–Trinajstić information content (AvgIpc) is 2.79. The second-order valence-electron chi connectivity index (χ2n) is 6.40. The minimum absolute atomic E-state index is 0.0536. The van der Waals surface area contributed by atoms with Gasteiger partial charge in [-0.1, -0.05) is 0 Å². The van der Waals surface area contributed by atoms with Crippen LogP contribution in [0.4, 0.5) is 11.4 Å². The van der Waals surface area contributed by atoms with Gasteiger partial charge in [0.1, 0.15) is 0 Å². The van der Waals surface area contributed by atoms with E-state index >= 15 is 0 Å². The highest BCUT2D eigenvalue weighted by molar-refractivity contribution is 5.98. The van der Waals surface area contributed by atoms with Crippen LogP contribution < -0.4 is 14.8 Å². The molecule has 0 aliphatic rings. The fraction of sp³-hybridized carbons (Fsp3) is 0.318. The third kappa shape index (κ3) is 7.20. The predicted molar refractivity (Wildman–Crippen MR) is 117 cm³/mol. The molecule has 2 aromatic carbocycles. The van der Waals surface area contributed by atoms with E-state index in [1.807, 2.05) is 13.8 Å². The number of hydrogen-bond donors (Lipinski definition) is 1. The molecule has 0 aromatic heterocycles. The van der Waals surface area contributed by atoms with Gasteiger partial charge < -0.3 is 24.3 Å². The number of nitrogens with one attached hydrogen (secondary N) is 1. The number of nitro benzene ring substituents is 1. The number of nitrogens with zero attached hydrogens (tertiary/aromatic N) is 1. The fourth-order valence-corrected chi connectivity index (χ4v) is 2.71. The molecule has 11 heteroatoms. The Labute approximate surface area is 189 Å². The lowest BCUT2D eigenvalue weighted by atomic mass is 10.1. The summed E-state index contributed by atoms with van der Waals surface area (Å²) < 4.78 is 20.7. The topological polar surface area (TPSA) is 143 Å². The summed E-state index contributed by atoms with van der Waals surface area (Å²) in [6, 6.07) is 7.84. The van der Waals surface area contributed by atoms with Crippen LogP contribution in [0, 0.1) is 10.1 Å². The summed E-state index contributed by atoms with van der Waals surface area (Å²) in [5.74, 6) is -1.52. The number of esters is 2. The Balaban J connectivity index is 2.08. The van der Waals surface area contributed by atoms with Gasteiger partial charge in [0.25, 0.3) is 11.6 Å². The Hall–Kier alpha value is -4.15. The molecule has 0 aliphatic heterocycles. The molecule has 2 rings (SSSR count). The molecule has 0 radical (unpaired) electrons. The molecule has 0 atom stereocenters. The number of carbonyl (C=O) groups is 3. The van der Waals surface area contributed by atoms with E-state index in [4.69, 9.17) is 18.9 Å². The summed E-state index contributed by atoms with van der Waals surface area (Å²) in [4.78, 5) is 46.9. The van der Waals surface area contributed by atoms with Crippen LogP contribution in [0.5, 0.6) is 11.5 Å². The van der Waals surface area contributed by atoms with E-state index in [9.17, 15) is 24.5 Å². The average molecular weight is 460 g/mol. The van der Waals surface area contributed by atoms with Gasteiger partial charge >= 0.3 is 11.9 Å². The summed E-state index contributed by atoms with van der Waals surface area (Å²) in [6.07, 6.45) is 0. The quantitative estimate of drug-likeness (QED) is 0.303. The van der Waals surface area contributed by atoms with Gasteiger partial charge in [-0.15, -0.1) is 0 Å². The number of nitro groups is 1. The van der Waals surface area contributed by atoms with Crippen LogP contribution in [0.3, 0.4) is 0 Å². The first-order chi connectivity index (χ1) is 15.8. The van der Waals surface area contributed by atoms with Crippen LogP contribution in [0.25, 0.3) is 0 Å². The van der Waals surface area contributed by atoms with Crippen molar-refractivity contribution < 1.29 is 38.3 Å². The van der Waals surface area contributed by atoms with Gasteiger partial charge in [-0.3, -0.25) is 14.9 Å². The zero-order valence-electron chi connectivity index (χ0n) is 18.4. The number of ether oxygens (including phenoxy) is 4. The number of rotatable bonds is 11. The Morgan fingerprint density at radius 3 is 2.03 bits per heavy atom. The highest BCUT2D eigenvalue weighted by Crippen LogP contribution is 2.30. The van der Waals surface area contributed by atoms with Crippen LogP contribution in [0.2, 0.25) is 0 Å². The summed E-state index contributed by atoms with van der Waals surface area (Å²) in [5.41, 5.74) is -0.544. The van der Waals surface area contributed by atoms with Crippen molar-refractivity contribution in [2.45, 2.75) is 20.8 Å². The van der Waals surface area contributed by atoms with Crippen molar-refractivity contribution in [3.8, 4) is 11.5 Å². The van der Waals surface area contributed by atoms with Crippen LogP contribution in [-0.4, -0.2) is 49.2 Å². The summed E-state index contributed by atoms with van der Waals surface area (Å²) >= 11 is 0. The largest absolute Gasteiger partial charge is 0.490 e. The normalized spacial score (nSPS) is 10.2. The first-order valence-electron chi connectivity index (χ1n) is 10.1. The maximum absolute atomic E-state index is 12.4. The molecule has 0 saturated heterocycles. The molecule has 0 bridgehead atoms. The van der Waals surface area contributed by atoms with Gasteiger partial charge in [0.05, 0.1) is 35.9 Å². The molecule has 1 N–H and O–H groups in total. The van der Waals surface area contributed by atoms with Gasteiger partial charge in [0, 0.05) is 23.9 Å². The van der Waals surface area contributed by atoms with Crippen molar-refractivity contribution in [3.63, 3.8) is 0 Å². The van der Waals surface area contributed by atoms with Crippen molar-refractivity contribution in [1.82, 2.24) is 0 Å². The van der Waals surface area contributed by atoms with Crippen molar-refractivity contribution >= 4 is 29.2 Å². The van der Waals surface area contributed by atoms with Crippen molar-refractivity contribution in [3.05, 3.63) is 57.6 Å². The van der Waals surface area contributed by atoms with Crippen molar-refractivity contribution in [2.75, 3.05) is 31.7 Å². The molecule has 0 unspecified atom stereocenters. The van der Waals surface area contributed by atoms with Gasteiger partial charge in [-0.05, 0) is 39.0 Å². The monoisotopic (exact) mass is 460 g/mol. The van der Waals surface area contributed by atoms with Gasteiger partial charge in [-0.2, -0.15) is 0 Å². The maximum Gasteiger partial charge on any atom is 0.338 e. The standard InChI is InChI=1S/C22H24N2O9/c1-4-30-18-8-7-16(12-19(18)31-5-2)23-20(25)13-33-22(27)15-9-14(21(26)32-6-3)10-17(11-15)24(28)29/h7-12H,4-6,13H2,1-3H3,(H,23,25). The second kappa shape index (κ2) is 12.0. The van der Waals surface area contributed by atoms with E-state index in [0.717, 1.165) is 18.2 Å². The summed E-state index contributed by atoms with van der Waals surface area (Å²) in [6.45, 7) is 5.44. The molecule has 1 amide bonds. The van der Waals surface area contributed by atoms with E-state index in [1.165, 1.54) is 0 Å². The lowest BCUT2D eigenvalue weighted by Gasteiger charge is -2.13. The smallest absolute Gasteiger partial charge is 0.338 e. The first-order valence-corrected chi connectivity index (χ1v) is 10.1. The van der Waals surface area contributed by atoms with Gasteiger partial charge in [0.2, 0.25) is 0 Å². The molecule has 2 aromatic rings. The van der Waals surface area contributed by atoms with Gasteiger partial charge in [0.15, 0.2) is 18.1 Å². The van der Waals surface area contributed by atoms with E-state index in [1.54, 1.807) is 25.1 Å². The van der Waals surface area contributed by atoms with Crippen LogP contribution >= 0.6 is 0 Å². The Morgan fingerprint density at radius 2 is 1.45 bits per heavy atom. The highest BCUT2D eigenvalue weighted by atomic mass is 16.6. The Morgan fingerprint density at radius 1 is 0.848 bits per heavy atom. The molecule has 176 valence electrons. The number of non-ortho nitro benzene ring substituents is 1. The second-order valence-corrected chi connectivity index (χ2v) is 6.40. The minimum atomic E-state index is -1.01. The number of benzene rings is 2. The lowest BCUT2D eigenvalue weighted by molar-refractivity contribution is -0.384. The Bertz CT molecular complexity index is 1040. The van der Waals surface area contributed by atoms with Gasteiger partial charge in [-0.25, -0.2) is 9.59 Å². The number of hydrogen-bond acceptors (Lipinski definition) is 9. The molecular formula is C22H24N2O9. The SMILES string of the molecule is CCOC(=O)c1cc(C(=O)OCC(=O)Nc2ccc(OCC)c(OCC)c2)cc([N+](=O)[O-])c1. The Kier molecular flexibility index (Phi) is 9.16. The predicted octanol–water partition coefficient (Wildman–Crippen LogP) is 3.36. The number of amides is 1. The summed E-state index contributed by atoms with van der Waals surface area (Å²) in [7, 11) is 0. The van der Waals surface area contributed by atoms with E-state index < -0.39 is 35.1 Å². The van der Waals surface area contributed by atoms with E-state index in [-0.39, 0.29) is 17.7 Å². The van der Waals surface area contributed by atoms with Crippen molar-refractivity contribution in [1.29, 1.82) is 0 Å². The van der Waals surface area contributed by atoms with Crippen LogP contribution in [0.15, 0.2) is 36.4 Å². The molecule has 0 saturated carbocycles. The molecular weight excluding hydrogens is 436 g/mol. The number of anilines is 1. The first kappa shape index (κ1) is 25.1. The third-order valence-electron chi connectivity index (χ3n) is 4.04. The maximum atomic E-state index is 12.4. The molecule has 0 spiro atoms. The lowest BCUT2D eigenvalue weighted by Crippen LogP contribution is -2.21. The number of carbonyl (C=O) groups excluding carboxylic acids is 3. The zero-order chi connectivity index (χ0) is 24.4. The molecule has 0 fully saturated rings. The molecule has 0 aliphatic carbocycles. The summed E-state index contributed by atoms with van der Waals surface area (Å²) in [5, 5.41) is 13.7. The van der Waals surface area contributed by atoms with Crippen molar-refractivity contribution in [2.24, 2.45) is 0 Å². The molecule has 0 heterocycles. The van der Waals surface area contributed by atoms with E-state index in [2.05, 4.69) is 5.32 Å². The van der Waals surface area contributed by atoms with Crippen LogP contribution in [-0.2, 0) is 14.3 Å². The zero-order valence-corrected chi connectivity index (χ0v) is 18.4. The molecule has 33 heavy (non-hydrogen) atoms. The van der Waals surface area contributed by atoms with Crippen LogP contribution in [0.1, 0.15) is 41.5 Å². The third-order valence-corrected chi connectivity index (χ3v) is 4.04. The molecule has 11 nitrogen and oxygen atoms in total. The van der Waals surface area contributed by atoms with E-state index in [0.29, 0.717) is 30.4 Å². The highest BCUT2D eigenvalue weighted by Gasteiger charge is 2.20. The minimum Gasteiger partial charge on any atom is -0.490 e.